The standard InChI is InChI=1S/C23H22F2N2O4/c24-23(25)31-20-11-10-19(14-21(20)30-22-9-5-13-29-22)27(18-7-2-1-3-8-18)16-17-6-4-12-26(28)15-17/h1-4,6-8,10-12,14-15,22-23H,5,9,13,16H2. The number of aromatic nitrogens is 1. The van der Waals surface area contributed by atoms with E-state index in [4.69, 9.17) is 9.47 Å². The molecule has 4 rings (SSSR count). The van der Waals surface area contributed by atoms with E-state index in [-0.39, 0.29) is 11.5 Å². The van der Waals surface area contributed by atoms with Gasteiger partial charge in [0.1, 0.15) is 0 Å². The zero-order valence-corrected chi connectivity index (χ0v) is 16.7. The van der Waals surface area contributed by atoms with Gasteiger partial charge in [-0.2, -0.15) is 13.5 Å². The molecule has 0 N–H and O–H groups in total. The monoisotopic (exact) mass is 428 g/mol. The molecule has 0 bridgehead atoms. The van der Waals surface area contributed by atoms with Gasteiger partial charge in [0.25, 0.3) is 0 Å². The van der Waals surface area contributed by atoms with Crippen molar-refractivity contribution in [1.29, 1.82) is 0 Å². The summed E-state index contributed by atoms with van der Waals surface area (Å²) in [6.07, 6.45) is 3.92. The van der Waals surface area contributed by atoms with Gasteiger partial charge in [0.15, 0.2) is 30.2 Å². The molecule has 0 radical (unpaired) electrons. The smallest absolute Gasteiger partial charge is 0.387 e. The molecule has 1 atom stereocenters. The van der Waals surface area contributed by atoms with E-state index in [1.807, 2.05) is 41.3 Å². The first kappa shape index (κ1) is 20.9. The van der Waals surface area contributed by atoms with Crippen molar-refractivity contribution in [2.45, 2.75) is 32.3 Å². The summed E-state index contributed by atoms with van der Waals surface area (Å²) >= 11 is 0. The lowest BCUT2D eigenvalue weighted by Crippen LogP contribution is -2.26. The van der Waals surface area contributed by atoms with Crippen molar-refractivity contribution in [3.8, 4) is 11.5 Å². The fourth-order valence-corrected chi connectivity index (χ4v) is 3.45. The number of nitrogens with zero attached hydrogens (tertiary/aromatic N) is 2. The summed E-state index contributed by atoms with van der Waals surface area (Å²) in [5.74, 6) is 0.122. The van der Waals surface area contributed by atoms with Gasteiger partial charge in [-0.3, -0.25) is 0 Å². The van der Waals surface area contributed by atoms with Crippen molar-refractivity contribution >= 4 is 11.4 Å². The van der Waals surface area contributed by atoms with Crippen LogP contribution in [0.2, 0.25) is 0 Å². The first-order valence-corrected chi connectivity index (χ1v) is 9.96. The van der Waals surface area contributed by atoms with E-state index in [1.54, 1.807) is 18.2 Å². The number of benzene rings is 2. The molecule has 8 heteroatoms. The van der Waals surface area contributed by atoms with Gasteiger partial charge in [-0.1, -0.05) is 18.2 Å². The van der Waals surface area contributed by atoms with Gasteiger partial charge in [-0.15, -0.1) is 0 Å². The summed E-state index contributed by atoms with van der Waals surface area (Å²) in [6, 6.07) is 17.9. The van der Waals surface area contributed by atoms with Gasteiger partial charge in [-0.25, -0.2) is 0 Å². The lowest BCUT2D eigenvalue weighted by molar-refractivity contribution is -0.605. The first-order chi connectivity index (χ1) is 15.1. The maximum atomic E-state index is 12.9. The van der Waals surface area contributed by atoms with Crippen molar-refractivity contribution in [1.82, 2.24) is 0 Å². The van der Waals surface area contributed by atoms with Gasteiger partial charge in [0, 0.05) is 35.5 Å². The molecule has 1 aliphatic rings. The molecule has 1 unspecified atom stereocenters. The topological polar surface area (TPSA) is 57.9 Å². The van der Waals surface area contributed by atoms with Gasteiger partial charge < -0.3 is 24.3 Å². The van der Waals surface area contributed by atoms with E-state index in [2.05, 4.69) is 4.74 Å². The van der Waals surface area contributed by atoms with Crippen molar-refractivity contribution in [2.24, 2.45) is 0 Å². The third kappa shape index (κ3) is 5.40. The summed E-state index contributed by atoms with van der Waals surface area (Å²) < 4.78 is 42.6. The number of anilines is 2. The maximum Gasteiger partial charge on any atom is 0.387 e. The fraction of sp³-hybridized carbons (Fsp3) is 0.261. The Morgan fingerprint density at radius 1 is 1.06 bits per heavy atom. The highest BCUT2D eigenvalue weighted by atomic mass is 19.3. The maximum absolute atomic E-state index is 12.9. The van der Waals surface area contributed by atoms with Gasteiger partial charge >= 0.3 is 6.61 Å². The van der Waals surface area contributed by atoms with E-state index < -0.39 is 12.9 Å². The third-order valence-corrected chi connectivity index (χ3v) is 4.85. The quantitative estimate of drug-likeness (QED) is 0.382. The van der Waals surface area contributed by atoms with Crippen LogP contribution < -0.4 is 19.1 Å². The molecule has 162 valence electrons. The Hall–Kier alpha value is -3.39. The van der Waals surface area contributed by atoms with E-state index in [0.29, 0.717) is 25.3 Å². The van der Waals surface area contributed by atoms with Crippen LogP contribution in [0.25, 0.3) is 0 Å². The lowest BCUT2D eigenvalue weighted by atomic mass is 10.2. The molecule has 6 nitrogen and oxygen atoms in total. The minimum Gasteiger partial charge on any atom is -0.619 e. The van der Waals surface area contributed by atoms with Gasteiger partial charge in [0.05, 0.1) is 13.2 Å². The zero-order chi connectivity index (χ0) is 21.6. The van der Waals surface area contributed by atoms with E-state index in [1.165, 1.54) is 18.5 Å². The van der Waals surface area contributed by atoms with Crippen LogP contribution in [0, 0.1) is 5.21 Å². The van der Waals surface area contributed by atoms with Crippen molar-refractivity contribution < 1.29 is 27.7 Å². The van der Waals surface area contributed by atoms with Crippen LogP contribution in [0.1, 0.15) is 18.4 Å². The van der Waals surface area contributed by atoms with Crippen LogP contribution in [0.4, 0.5) is 20.2 Å². The Kier molecular flexibility index (Phi) is 6.47. The predicted molar refractivity (Wildman–Crippen MR) is 110 cm³/mol. The van der Waals surface area contributed by atoms with Crippen molar-refractivity contribution in [2.75, 3.05) is 11.5 Å². The zero-order valence-electron chi connectivity index (χ0n) is 16.7. The summed E-state index contributed by atoms with van der Waals surface area (Å²) in [6.45, 7) is -2.02. The number of pyridine rings is 1. The molecule has 2 heterocycles. The van der Waals surface area contributed by atoms with Crippen molar-refractivity contribution in [3.63, 3.8) is 0 Å². The predicted octanol–water partition coefficient (Wildman–Crippen LogP) is 4.78. The molecule has 31 heavy (non-hydrogen) atoms. The largest absolute Gasteiger partial charge is 0.619 e. The van der Waals surface area contributed by atoms with Gasteiger partial charge in [0.2, 0.25) is 0 Å². The number of para-hydroxylation sites is 1. The van der Waals surface area contributed by atoms with Crippen molar-refractivity contribution in [3.05, 3.63) is 83.8 Å². The van der Waals surface area contributed by atoms with Crippen LogP contribution in [-0.2, 0) is 11.3 Å². The number of hydrogen-bond donors (Lipinski definition) is 0. The van der Waals surface area contributed by atoms with Crippen LogP contribution >= 0.6 is 0 Å². The average Bonchev–Trinajstić information content (AvgIpc) is 3.27. The number of ether oxygens (including phenoxy) is 3. The summed E-state index contributed by atoms with van der Waals surface area (Å²) in [5.41, 5.74) is 2.35. The second kappa shape index (κ2) is 9.61. The highest BCUT2D eigenvalue weighted by Gasteiger charge is 2.22. The normalized spacial score (nSPS) is 15.8. The molecule has 1 aliphatic heterocycles. The molecule has 1 saturated heterocycles. The van der Waals surface area contributed by atoms with Gasteiger partial charge in [-0.05, 0) is 36.8 Å². The van der Waals surface area contributed by atoms with E-state index >= 15 is 0 Å². The molecule has 3 aromatic rings. The van der Waals surface area contributed by atoms with E-state index in [9.17, 15) is 14.0 Å². The number of hydrogen-bond acceptors (Lipinski definition) is 5. The Morgan fingerprint density at radius 2 is 1.90 bits per heavy atom. The fourth-order valence-electron chi connectivity index (χ4n) is 3.45. The SMILES string of the molecule is [O-][n+]1cccc(CN(c2ccccc2)c2ccc(OC(F)F)c(OC3CCCO3)c2)c1. The molecular formula is C23H22F2N2O4. The van der Waals surface area contributed by atoms with Crippen LogP contribution in [0.15, 0.2) is 73.1 Å². The third-order valence-electron chi connectivity index (χ3n) is 4.85. The molecule has 0 saturated carbocycles. The number of halogens is 2. The van der Waals surface area contributed by atoms with E-state index in [0.717, 1.165) is 22.4 Å². The Labute approximate surface area is 178 Å². The first-order valence-electron chi connectivity index (χ1n) is 9.96. The highest BCUT2D eigenvalue weighted by Crippen LogP contribution is 2.37. The highest BCUT2D eigenvalue weighted by molar-refractivity contribution is 5.66. The Balaban J connectivity index is 1.70. The molecular weight excluding hydrogens is 406 g/mol. The molecule has 2 aromatic carbocycles. The Morgan fingerprint density at radius 3 is 2.61 bits per heavy atom. The molecule has 0 spiro atoms. The number of alkyl halides is 2. The number of rotatable bonds is 8. The summed E-state index contributed by atoms with van der Waals surface area (Å²) in [7, 11) is 0. The molecule has 0 amide bonds. The lowest BCUT2D eigenvalue weighted by Gasteiger charge is -2.26. The Bertz CT molecular complexity index is 998. The van der Waals surface area contributed by atoms with Crippen LogP contribution in [-0.4, -0.2) is 19.5 Å². The minimum absolute atomic E-state index is 0.0561. The van der Waals surface area contributed by atoms with Crippen LogP contribution in [0.5, 0.6) is 11.5 Å². The average molecular weight is 428 g/mol. The summed E-state index contributed by atoms with van der Waals surface area (Å²) in [5, 5.41) is 11.7. The molecule has 1 fully saturated rings. The summed E-state index contributed by atoms with van der Waals surface area (Å²) in [4.78, 5) is 1.96. The second-order valence-corrected chi connectivity index (χ2v) is 7.06. The second-order valence-electron chi connectivity index (χ2n) is 7.06. The molecule has 1 aromatic heterocycles. The molecule has 0 aliphatic carbocycles. The minimum atomic E-state index is -2.97. The van der Waals surface area contributed by atoms with Crippen LogP contribution in [0.3, 0.4) is 0 Å².